The minimum atomic E-state index is 0.170. The van der Waals surface area contributed by atoms with E-state index in [-0.39, 0.29) is 10.8 Å². The van der Waals surface area contributed by atoms with E-state index in [0.29, 0.717) is 0 Å². The maximum atomic E-state index is 2.54. The maximum absolute atomic E-state index is 2.54. The van der Waals surface area contributed by atoms with E-state index in [1.54, 1.807) is 22.3 Å². The molecule has 88 heavy (non-hydrogen) atoms. The SMILES string of the molecule is c1ccc(-c2c3ccccc3c(-c3cccc4c3-c3ccccc3C43C4CC5CC(C4)CC3C5)c3ccccc23)cc1.c1ccc2c(c1)-c1c(-c3c4ccccc4c(-c4cccc5ccccc45)c4ccccc34)cccc1C21C2CC3CC(C2)CC1C3. The van der Waals surface area contributed by atoms with Crippen molar-refractivity contribution in [2.45, 2.75) is 75.0 Å². The average molecular weight is 1130 g/mol. The van der Waals surface area contributed by atoms with Crippen molar-refractivity contribution in [1.82, 2.24) is 0 Å². The Hall–Kier alpha value is -8.84. The first-order valence-corrected chi connectivity index (χ1v) is 33.5. The molecule has 0 atom stereocenters. The predicted molar refractivity (Wildman–Crippen MR) is 369 cm³/mol. The topological polar surface area (TPSA) is 0 Å². The van der Waals surface area contributed by atoms with Gasteiger partial charge in [-0.25, -0.2) is 0 Å². The molecule has 0 heterocycles. The molecule has 8 fully saturated rings. The fourth-order valence-electron chi connectivity index (χ4n) is 22.3. The third-order valence-electron chi connectivity index (χ3n) is 24.7. The van der Waals surface area contributed by atoms with Gasteiger partial charge in [0.1, 0.15) is 0 Å². The first kappa shape index (κ1) is 50.2. The van der Waals surface area contributed by atoms with E-state index in [4.69, 9.17) is 0 Å². The summed E-state index contributed by atoms with van der Waals surface area (Å²) in [4.78, 5) is 0. The lowest BCUT2D eigenvalue weighted by Gasteiger charge is -2.61. The molecule has 8 saturated carbocycles. The minimum Gasteiger partial charge on any atom is -0.0622 e. The van der Waals surface area contributed by atoms with Crippen LogP contribution in [0.5, 0.6) is 0 Å². The number of hydrogen-bond donors (Lipinski definition) is 0. The predicted octanol–water partition coefficient (Wildman–Crippen LogP) is 23.3. The third-order valence-corrected chi connectivity index (χ3v) is 24.7. The molecular formula is C88H70. The van der Waals surface area contributed by atoms with Crippen LogP contribution in [0, 0.1) is 47.3 Å². The van der Waals surface area contributed by atoms with Gasteiger partial charge in [0, 0.05) is 10.8 Å². The van der Waals surface area contributed by atoms with Crippen LogP contribution in [0.2, 0.25) is 0 Å². The molecule has 23 rings (SSSR count). The van der Waals surface area contributed by atoms with E-state index in [0.717, 1.165) is 47.3 Å². The largest absolute Gasteiger partial charge is 0.0622 e. The van der Waals surface area contributed by atoms with Gasteiger partial charge >= 0.3 is 0 Å². The van der Waals surface area contributed by atoms with Gasteiger partial charge in [0.2, 0.25) is 0 Å². The maximum Gasteiger partial charge on any atom is 0.0272 e. The highest BCUT2D eigenvalue weighted by Gasteiger charge is 2.63. The zero-order valence-corrected chi connectivity index (χ0v) is 49.9. The van der Waals surface area contributed by atoms with Crippen molar-refractivity contribution in [3.05, 3.63) is 277 Å². The summed E-state index contributed by atoms with van der Waals surface area (Å²) < 4.78 is 0. The second-order valence-corrected chi connectivity index (χ2v) is 28.5. The van der Waals surface area contributed by atoms with Gasteiger partial charge in [0.05, 0.1) is 0 Å². The van der Waals surface area contributed by atoms with E-state index in [1.165, 1.54) is 185 Å². The van der Waals surface area contributed by atoms with Crippen LogP contribution in [-0.4, -0.2) is 0 Å². The van der Waals surface area contributed by atoms with Crippen molar-refractivity contribution in [1.29, 1.82) is 0 Å². The van der Waals surface area contributed by atoms with Crippen molar-refractivity contribution < 1.29 is 0 Å². The molecule has 8 bridgehead atoms. The Morgan fingerprint density at radius 2 is 0.477 bits per heavy atom. The molecule has 0 nitrogen and oxygen atoms in total. The lowest BCUT2D eigenvalue weighted by molar-refractivity contribution is -0.0399. The number of fused-ring (bicyclic) bond motifs is 11. The summed E-state index contributed by atoms with van der Waals surface area (Å²) in [5.41, 5.74) is 23.8. The van der Waals surface area contributed by atoms with Crippen LogP contribution < -0.4 is 0 Å². The molecule has 10 aliphatic rings. The highest BCUT2D eigenvalue weighted by molar-refractivity contribution is 6.25. The van der Waals surface area contributed by atoms with Crippen LogP contribution in [0.15, 0.2) is 255 Å². The van der Waals surface area contributed by atoms with E-state index in [2.05, 4.69) is 255 Å². The molecule has 0 saturated heterocycles. The van der Waals surface area contributed by atoms with E-state index in [9.17, 15) is 0 Å². The molecular weight excluding hydrogens is 1060 g/mol. The summed E-state index contributed by atoms with van der Waals surface area (Å²) in [5, 5.41) is 13.3. The standard InChI is InChI=1S/C46H36.C42H34/c1-2-13-33-30(11-1)12-9-19-34(33)43-35-14-3-5-16-37(35)44(38-17-6-4-15-36(38)43)40-20-10-22-42-45(40)39-18-7-8-21-41(39)46(42)31-24-28-23-29(26-31)27-32(46)25-28;1-2-11-28(12-3-1)39-31-13-4-6-15-33(31)40(34-16-7-5-14-32(34)39)36-18-10-20-38-41(36)35-17-8-9-19-37(35)42(38)29-22-26-21-27(24-29)25-30(42)23-26/h1-22,28-29,31-32H,23-27H2;1-20,26-27,29-30H,21-25H2. The van der Waals surface area contributed by atoms with Gasteiger partial charge in [-0.2, -0.15) is 0 Å². The van der Waals surface area contributed by atoms with E-state index in [1.807, 2.05) is 0 Å². The molecule has 0 heteroatoms. The summed E-state index contributed by atoms with van der Waals surface area (Å²) in [6.45, 7) is 0. The third kappa shape index (κ3) is 6.72. The molecule has 0 aromatic heterocycles. The lowest BCUT2D eigenvalue weighted by atomic mass is 9.43. The van der Waals surface area contributed by atoms with Gasteiger partial charge in [-0.3, -0.25) is 0 Å². The summed E-state index contributed by atoms with van der Waals surface area (Å²) in [6, 6.07) is 97.2. The van der Waals surface area contributed by atoms with Gasteiger partial charge < -0.3 is 0 Å². The molecule has 2 spiro atoms. The first-order valence-electron chi connectivity index (χ1n) is 33.5. The zero-order valence-electron chi connectivity index (χ0n) is 49.9. The fourth-order valence-corrected chi connectivity index (χ4v) is 22.3. The van der Waals surface area contributed by atoms with Crippen molar-refractivity contribution in [2.24, 2.45) is 47.3 Å². The summed E-state index contributed by atoms with van der Waals surface area (Å²) in [6.07, 6.45) is 14.3. The van der Waals surface area contributed by atoms with Gasteiger partial charge in [-0.05, 0) is 254 Å². The molecule has 10 aliphatic carbocycles. The average Bonchev–Trinajstić information content (AvgIpc) is 1.60. The van der Waals surface area contributed by atoms with E-state index < -0.39 is 0 Å². The molecule has 0 N–H and O–H groups in total. The van der Waals surface area contributed by atoms with Gasteiger partial charge in [-0.1, -0.05) is 255 Å². The Balaban J connectivity index is 0.000000124. The van der Waals surface area contributed by atoms with Crippen LogP contribution >= 0.6 is 0 Å². The minimum absolute atomic E-state index is 0.170. The zero-order chi connectivity index (χ0) is 57.4. The Kier molecular flexibility index (Phi) is 10.7. The van der Waals surface area contributed by atoms with Crippen molar-refractivity contribution in [3.8, 4) is 66.8 Å². The molecule has 13 aromatic rings. The van der Waals surface area contributed by atoms with Crippen LogP contribution in [0.3, 0.4) is 0 Å². The molecule has 0 radical (unpaired) electrons. The smallest absolute Gasteiger partial charge is 0.0272 e. The quantitative estimate of drug-likeness (QED) is 0.154. The van der Waals surface area contributed by atoms with Crippen molar-refractivity contribution in [2.75, 3.05) is 0 Å². The summed E-state index contributed by atoms with van der Waals surface area (Å²) in [5.74, 6) is 6.89. The van der Waals surface area contributed by atoms with Crippen molar-refractivity contribution >= 4 is 53.9 Å². The normalized spacial score (nSPS) is 26.0. The number of hydrogen-bond acceptors (Lipinski definition) is 0. The van der Waals surface area contributed by atoms with Crippen molar-refractivity contribution in [3.63, 3.8) is 0 Å². The first-order chi connectivity index (χ1) is 43.6. The molecule has 0 amide bonds. The van der Waals surface area contributed by atoms with Crippen LogP contribution in [-0.2, 0) is 10.8 Å². The fraction of sp³-hybridized carbons (Fsp3) is 0.227. The van der Waals surface area contributed by atoms with Gasteiger partial charge in [0.25, 0.3) is 0 Å². The van der Waals surface area contributed by atoms with Gasteiger partial charge in [-0.15, -0.1) is 0 Å². The summed E-state index contributed by atoms with van der Waals surface area (Å²) >= 11 is 0. The molecule has 13 aromatic carbocycles. The Morgan fingerprint density at radius 1 is 0.193 bits per heavy atom. The molecule has 422 valence electrons. The van der Waals surface area contributed by atoms with Gasteiger partial charge in [0.15, 0.2) is 0 Å². The van der Waals surface area contributed by atoms with Crippen LogP contribution in [0.4, 0.5) is 0 Å². The lowest BCUT2D eigenvalue weighted by Crippen LogP contribution is -2.55. The Bertz CT molecular complexity index is 4900. The Labute approximate surface area is 516 Å². The Morgan fingerprint density at radius 3 is 0.898 bits per heavy atom. The van der Waals surface area contributed by atoms with E-state index >= 15 is 0 Å². The second kappa shape index (κ2) is 18.8. The van der Waals surface area contributed by atoms with Crippen LogP contribution in [0.1, 0.15) is 86.5 Å². The summed E-state index contributed by atoms with van der Waals surface area (Å²) in [7, 11) is 0. The highest BCUT2D eigenvalue weighted by Crippen LogP contribution is 2.72. The molecule has 0 unspecified atom stereocenters. The number of benzene rings is 13. The second-order valence-electron chi connectivity index (χ2n) is 28.5. The molecule has 0 aliphatic heterocycles. The van der Waals surface area contributed by atoms with Crippen LogP contribution in [0.25, 0.3) is 121 Å². The monoisotopic (exact) mass is 1130 g/mol. The number of rotatable bonds is 4. The highest BCUT2D eigenvalue weighted by atomic mass is 14.7.